The molecular weight excluding hydrogens is 314 g/mol. The quantitative estimate of drug-likeness (QED) is 0.812. The molecule has 2 aromatic rings. The zero-order valence-corrected chi connectivity index (χ0v) is 13.8. The van der Waals surface area contributed by atoms with Gasteiger partial charge >= 0.3 is 0 Å². The Morgan fingerprint density at radius 2 is 1.86 bits per heavy atom. The van der Waals surface area contributed by atoms with Crippen molar-refractivity contribution >= 4 is 34.6 Å². The van der Waals surface area contributed by atoms with Crippen molar-refractivity contribution < 1.29 is 0 Å². The molecule has 3 nitrogen and oxygen atoms in total. The van der Waals surface area contributed by atoms with Crippen molar-refractivity contribution in [3.63, 3.8) is 0 Å². The van der Waals surface area contributed by atoms with Crippen LogP contribution in [0.5, 0.6) is 0 Å². The van der Waals surface area contributed by atoms with Gasteiger partial charge in [0.2, 0.25) is 0 Å². The van der Waals surface area contributed by atoms with E-state index in [9.17, 15) is 0 Å². The second-order valence-corrected chi connectivity index (χ2v) is 6.46. The molecule has 1 fully saturated rings. The number of benzene rings is 1. The zero-order chi connectivity index (χ0) is 15.4. The maximum absolute atomic E-state index is 6.01. The number of aromatic nitrogens is 1. The molecule has 0 atom stereocenters. The number of hydrogen-bond donors (Lipinski definition) is 2. The van der Waals surface area contributed by atoms with Gasteiger partial charge in [-0.2, -0.15) is 0 Å². The van der Waals surface area contributed by atoms with E-state index >= 15 is 0 Å². The molecule has 1 aliphatic rings. The maximum atomic E-state index is 6.01. The minimum absolute atomic E-state index is 0.0917. The molecule has 0 spiro atoms. The molecule has 22 heavy (non-hydrogen) atoms. The van der Waals surface area contributed by atoms with Crippen LogP contribution in [0.15, 0.2) is 48.8 Å². The van der Waals surface area contributed by atoms with Gasteiger partial charge in [-0.15, -0.1) is 0 Å². The van der Waals surface area contributed by atoms with E-state index in [4.69, 9.17) is 23.8 Å². The van der Waals surface area contributed by atoms with E-state index in [2.05, 4.69) is 27.8 Å². The van der Waals surface area contributed by atoms with Crippen molar-refractivity contribution in [2.75, 3.05) is 5.32 Å². The molecule has 1 aromatic heterocycles. The third-order valence-corrected chi connectivity index (χ3v) is 4.56. The number of nitrogens with one attached hydrogen (secondary N) is 2. The van der Waals surface area contributed by atoms with E-state index < -0.39 is 0 Å². The number of rotatable bonds is 3. The predicted octanol–water partition coefficient (Wildman–Crippen LogP) is 4.49. The Kier molecular flexibility index (Phi) is 4.60. The van der Waals surface area contributed by atoms with Gasteiger partial charge in [0.15, 0.2) is 5.11 Å². The highest BCUT2D eigenvalue weighted by Gasteiger charge is 2.36. The number of anilines is 1. The largest absolute Gasteiger partial charge is 0.353 e. The van der Waals surface area contributed by atoms with E-state index in [1.165, 1.54) is 18.4 Å². The van der Waals surface area contributed by atoms with Gasteiger partial charge in [-0.25, -0.2) is 0 Å². The van der Waals surface area contributed by atoms with Gasteiger partial charge in [-0.1, -0.05) is 30.5 Å². The molecule has 0 radical (unpaired) electrons. The summed E-state index contributed by atoms with van der Waals surface area (Å²) in [7, 11) is 0. The van der Waals surface area contributed by atoms with E-state index in [0.717, 1.165) is 18.5 Å². The van der Waals surface area contributed by atoms with Crippen LogP contribution in [-0.4, -0.2) is 10.1 Å². The normalized spacial score (nSPS) is 16.2. The SMILES string of the molecule is S=C(Nc1cccc(Cl)c1)NC1(c2ccncc2)CCCC1. The van der Waals surface area contributed by atoms with E-state index in [0.29, 0.717) is 10.1 Å². The topological polar surface area (TPSA) is 37.0 Å². The van der Waals surface area contributed by atoms with Crippen LogP contribution >= 0.6 is 23.8 Å². The van der Waals surface area contributed by atoms with Gasteiger partial charge < -0.3 is 10.6 Å². The Balaban J connectivity index is 1.76. The van der Waals surface area contributed by atoms with E-state index in [1.54, 1.807) is 0 Å². The van der Waals surface area contributed by atoms with Crippen LogP contribution in [0.25, 0.3) is 0 Å². The van der Waals surface area contributed by atoms with Gasteiger partial charge in [0.1, 0.15) is 0 Å². The lowest BCUT2D eigenvalue weighted by Crippen LogP contribution is -2.45. The molecule has 5 heteroatoms. The first-order valence-corrected chi connectivity index (χ1v) is 8.22. The first-order chi connectivity index (χ1) is 10.7. The summed E-state index contributed by atoms with van der Waals surface area (Å²) in [6.07, 6.45) is 8.24. The highest BCUT2D eigenvalue weighted by molar-refractivity contribution is 7.80. The average Bonchev–Trinajstić information content (AvgIpc) is 2.98. The molecule has 1 aliphatic carbocycles. The summed E-state index contributed by atoms with van der Waals surface area (Å²) in [5.74, 6) is 0. The standard InChI is InChI=1S/C17H18ClN3S/c18-14-4-3-5-15(12-14)20-16(22)21-17(8-1-2-9-17)13-6-10-19-11-7-13/h3-7,10-12H,1-2,8-9H2,(H2,20,21,22). The molecule has 1 aromatic carbocycles. The molecule has 0 aliphatic heterocycles. The van der Waals surface area contributed by atoms with Crippen LogP contribution < -0.4 is 10.6 Å². The monoisotopic (exact) mass is 331 g/mol. The number of halogens is 1. The summed E-state index contributed by atoms with van der Waals surface area (Å²) < 4.78 is 0. The van der Waals surface area contributed by atoms with Crippen molar-refractivity contribution in [3.8, 4) is 0 Å². The Morgan fingerprint density at radius 1 is 1.14 bits per heavy atom. The van der Waals surface area contributed by atoms with Crippen LogP contribution in [0.4, 0.5) is 5.69 Å². The van der Waals surface area contributed by atoms with Gasteiger partial charge in [0, 0.05) is 23.1 Å². The molecule has 1 saturated carbocycles. The number of thiocarbonyl (C=S) groups is 1. The van der Waals surface area contributed by atoms with Gasteiger partial charge in [0.05, 0.1) is 5.54 Å². The molecule has 0 unspecified atom stereocenters. The minimum atomic E-state index is -0.0917. The molecule has 0 amide bonds. The predicted molar refractivity (Wildman–Crippen MR) is 95.2 cm³/mol. The summed E-state index contributed by atoms with van der Waals surface area (Å²) in [5, 5.41) is 8.07. The third kappa shape index (κ3) is 3.39. The lowest BCUT2D eigenvalue weighted by molar-refractivity contribution is 0.408. The van der Waals surface area contributed by atoms with Crippen molar-refractivity contribution in [2.45, 2.75) is 31.2 Å². The molecule has 0 bridgehead atoms. The molecule has 1 heterocycles. The lowest BCUT2D eigenvalue weighted by Gasteiger charge is -2.32. The fourth-order valence-electron chi connectivity index (χ4n) is 3.08. The second-order valence-electron chi connectivity index (χ2n) is 5.61. The van der Waals surface area contributed by atoms with Crippen molar-refractivity contribution in [2.24, 2.45) is 0 Å². The number of nitrogens with zero attached hydrogens (tertiary/aromatic N) is 1. The molecule has 0 saturated heterocycles. The van der Waals surface area contributed by atoms with Crippen LogP contribution in [0.3, 0.4) is 0 Å². The highest BCUT2D eigenvalue weighted by atomic mass is 35.5. The smallest absolute Gasteiger partial charge is 0.171 e. The Labute approximate surface area is 141 Å². The summed E-state index contributed by atoms with van der Waals surface area (Å²) in [6.45, 7) is 0. The van der Waals surface area contributed by atoms with Gasteiger partial charge in [-0.05, 0) is 61.0 Å². The molecule has 3 rings (SSSR count). The maximum Gasteiger partial charge on any atom is 0.171 e. The van der Waals surface area contributed by atoms with Crippen LogP contribution in [0, 0.1) is 0 Å². The second kappa shape index (κ2) is 6.63. The minimum Gasteiger partial charge on any atom is -0.353 e. The highest BCUT2D eigenvalue weighted by Crippen LogP contribution is 2.38. The fourth-order valence-corrected chi connectivity index (χ4v) is 3.58. The lowest BCUT2D eigenvalue weighted by atomic mass is 9.89. The Hall–Kier alpha value is -1.65. The van der Waals surface area contributed by atoms with Crippen LogP contribution in [0.2, 0.25) is 5.02 Å². The summed E-state index contributed by atoms with van der Waals surface area (Å²) in [6, 6.07) is 11.7. The first-order valence-electron chi connectivity index (χ1n) is 7.43. The average molecular weight is 332 g/mol. The Bertz CT molecular complexity index is 654. The van der Waals surface area contributed by atoms with E-state index in [-0.39, 0.29) is 5.54 Å². The van der Waals surface area contributed by atoms with Crippen molar-refractivity contribution in [3.05, 3.63) is 59.4 Å². The van der Waals surface area contributed by atoms with Crippen LogP contribution in [-0.2, 0) is 5.54 Å². The summed E-state index contributed by atoms with van der Waals surface area (Å²) in [5.41, 5.74) is 2.05. The van der Waals surface area contributed by atoms with Gasteiger partial charge in [-0.3, -0.25) is 4.98 Å². The third-order valence-electron chi connectivity index (χ3n) is 4.13. The molecule has 2 N–H and O–H groups in total. The molecule has 114 valence electrons. The van der Waals surface area contributed by atoms with Crippen molar-refractivity contribution in [1.29, 1.82) is 0 Å². The van der Waals surface area contributed by atoms with Crippen molar-refractivity contribution in [1.82, 2.24) is 10.3 Å². The first kappa shape index (κ1) is 15.3. The summed E-state index contributed by atoms with van der Waals surface area (Å²) >= 11 is 11.5. The number of hydrogen-bond acceptors (Lipinski definition) is 2. The van der Waals surface area contributed by atoms with Crippen LogP contribution in [0.1, 0.15) is 31.2 Å². The fraction of sp³-hybridized carbons (Fsp3) is 0.294. The zero-order valence-electron chi connectivity index (χ0n) is 12.2. The summed E-state index contributed by atoms with van der Waals surface area (Å²) in [4.78, 5) is 4.11. The molecular formula is C17H18ClN3S. The van der Waals surface area contributed by atoms with Gasteiger partial charge in [0.25, 0.3) is 0 Å². The van der Waals surface area contributed by atoms with E-state index in [1.807, 2.05) is 36.7 Å². The number of pyridine rings is 1. The Morgan fingerprint density at radius 3 is 2.55 bits per heavy atom.